The summed E-state index contributed by atoms with van der Waals surface area (Å²) in [6, 6.07) is 0. The molecule has 10 N–H and O–H groups in total. The van der Waals surface area contributed by atoms with E-state index in [1.165, 1.54) is 13.8 Å². The molecule has 3 heterocycles. The zero-order valence-corrected chi connectivity index (χ0v) is 31.5. The van der Waals surface area contributed by atoms with Gasteiger partial charge in [-0.3, -0.25) is 27.7 Å². The number of thioether (sulfide) groups is 1. The number of imidazole rings is 1. The van der Waals surface area contributed by atoms with Crippen molar-refractivity contribution in [2.24, 2.45) is 5.41 Å². The van der Waals surface area contributed by atoms with Crippen molar-refractivity contribution in [3.8, 4) is 0 Å². The van der Waals surface area contributed by atoms with Crippen molar-refractivity contribution >= 4 is 64.0 Å². The second-order valence-electron chi connectivity index (χ2n) is 11.7. The number of ether oxygens (including phenoxy) is 1. The highest BCUT2D eigenvalue weighted by molar-refractivity contribution is 7.99. The number of phosphoric ester groups is 3. The molecule has 2 amide bonds. The van der Waals surface area contributed by atoms with Crippen molar-refractivity contribution in [2.75, 3.05) is 43.5 Å². The Morgan fingerprint density at radius 1 is 1.12 bits per heavy atom. The molecule has 7 atom stereocenters. The first-order valence-corrected chi connectivity index (χ1v) is 20.9. The Hall–Kier alpha value is -2.37. The minimum atomic E-state index is -5.54. The first-order chi connectivity index (χ1) is 24.2. The van der Waals surface area contributed by atoms with E-state index in [-0.39, 0.29) is 35.9 Å². The molecule has 52 heavy (non-hydrogen) atoms. The molecule has 294 valence electrons. The van der Waals surface area contributed by atoms with Crippen LogP contribution in [0, 0.1) is 5.41 Å². The number of carbonyl (C=O) groups excluding carboxylic acids is 2. The third kappa shape index (κ3) is 13.2. The van der Waals surface area contributed by atoms with Crippen LogP contribution in [0.15, 0.2) is 24.8 Å². The molecule has 23 nitrogen and oxygen atoms in total. The second kappa shape index (κ2) is 18.8. The highest BCUT2D eigenvalue weighted by Crippen LogP contribution is 2.61. The van der Waals surface area contributed by atoms with Crippen LogP contribution in [0.2, 0.25) is 0 Å². The van der Waals surface area contributed by atoms with Crippen LogP contribution in [0.25, 0.3) is 11.2 Å². The molecular weight excluding hydrogens is 779 g/mol. The van der Waals surface area contributed by atoms with E-state index in [4.69, 9.17) is 19.5 Å². The highest BCUT2D eigenvalue weighted by atomic mass is 32.2. The smallest absolute Gasteiger partial charge is 0.386 e. The number of aliphatic hydroxyl groups excluding tert-OH is 2. The van der Waals surface area contributed by atoms with E-state index in [0.29, 0.717) is 12.3 Å². The number of carbonyl (C=O) groups is 2. The number of nitrogen functional groups attached to an aromatic ring is 1. The quantitative estimate of drug-likeness (QED) is 0.0444. The number of aliphatic hydroxyl groups is 2. The van der Waals surface area contributed by atoms with Gasteiger partial charge in [0.05, 0.1) is 19.5 Å². The minimum absolute atomic E-state index is 0.0351. The summed E-state index contributed by atoms with van der Waals surface area (Å²) in [4.78, 5) is 75.3. The van der Waals surface area contributed by atoms with E-state index < -0.39 is 78.6 Å². The maximum absolute atomic E-state index is 12.6. The van der Waals surface area contributed by atoms with Crippen LogP contribution in [0.1, 0.15) is 33.4 Å². The fourth-order valence-electron chi connectivity index (χ4n) is 4.45. The van der Waals surface area contributed by atoms with Gasteiger partial charge in [0.25, 0.3) is 0 Å². The van der Waals surface area contributed by atoms with E-state index in [9.17, 15) is 53.1 Å². The number of hydrogen-bond donors (Lipinski definition) is 9. The predicted molar refractivity (Wildman–Crippen MR) is 182 cm³/mol. The standard InChI is InChI=1S/C25H42N7O16P3S/c1-4-5-9-52-10-8-27-16(33)6-7-28-23(36)20(35)25(2,3)12-45-51(42,43)48-50(40,41)44-11-15-19(47-49(37,38)39)18(34)24(46-15)32-14-31-17-21(26)29-13-30-22(17)32/h4-5,13-15,18-20,24,34-35H,6-12H2,1-3H3,(H,27,33)(H,28,36)(H,40,41)(H,42,43)(H2,26,29,30)(H2,37,38,39)/b5-4+/t15-,18-,19-,20+,24-/m1/s1. The van der Waals surface area contributed by atoms with Crippen LogP contribution >= 0.6 is 35.2 Å². The van der Waals surface area contributed by atoms with Gasteiger partial charge in [-0.25, -0.2) is 28.6 Å². The zero-order chi connectivity index (χ0) is 38.9. The molecule has 0 bridgehead atoms. The van der Waals surface area contributed by atoms with Gasteiger partial charge >= 0.3 is 23.5 Å². The van der Waals surface area contributed by atoms with Crippen molar-refractivity contribution in [2.45, 2.75) is 57.8 Å². The molecule has 0 aromatic carbocycles. The summed E-state index contributed by atoms with van der Waals surface area (Å²) in [5, 5.41) is 26.4. The number of nitrogens with one attached hydrogen (secondary N) is 2. The maximum Gasteiger partial charge on any atom is 0.481 e. The third-order valence-corrected chi connectivity index (χ3v) is 11.1. The zero-order valence-electron chi connectivity index (χ0n) is 28.0. The van der Waals surface area contributed by atoms with Gasteiger partial charge in [-0.15, -0.1) is 0 Å². The third-order valence-electron chi connectivity index (χ3n) is 7.10. The Morgan fingerprint density at radius 2 is 1.81 bits per heavy atom. The lowest BCUT2D eigenvalue weighted by molar-refractivity contribution is -0.137. The number of anilines is 1. The lowest BCUT2D eigenvalue weighted by Gasteiger charge is -2.30. The van der Waals surface area contributed by atoms with Crippen LogP contribution in [0.3, 0.4) is 0 Å². The van der Waals surface area contributed by atoms with Gasteiger partial charge in [0.15, 0.2) is 17.7 Å². The number of nitrogens with two attached hydrogens (primary N) is 1. The van der Waals surface area contributed by atoms with E-state index in [1.54, 1.807) is 11.8 Å². The number of nitrogens with zero attached hydrogens (tertiary/aromatic N) is 4. The van der Waals surface area contributed by atoms with Crippen LogP contribution in [0.5, 0.6) is 0 Å². The van der Waals surface area contributed by atoms with Gasteiger partial charge in [0, 0.05) is 36.4 Å². The van der Waals surface area contributed by atoms with E-state index >= 15 is 0 Å². The molecule has 1 saturated heterocycles. The fraction of sp³-hybridized carbons (Fsp3) is 0.640. The van der Waals surface area contributed by atoms with Crippen molar-refractivity contribution in [1.82, 2.24) is 30.2 Å². The molecule has 27 heteroatoms. The average Bonchev–Trinajstić information content (AvgIpc) is 3.60. The number of phosphoric acid groups is 3. The summed E-state index contributed by atoms with van der Waals surface area (Å²) >= 11 is 1.62. The lowest BCUT2D eigenvalue weighted by Crippen LogP contribution is -2.46. The van der Waals surface area contributed by atoms with Crippen molar-refractivity contribution in [3.63, 3.8) is 0 Å². The van der Waals surface area contributed by atoms with Crippen LogP contribution in [-0.2, 0) is 45.9 Å². The normalized spacial score (nSPS) is 22.6. The monoisotopic (exact) mass is 821 g/mol. The predicted octanol–water partition coefficient (Wildman–Crippen LogP) is -0.286. The van der Waals surface area contributed by atoms with Gasteiger partial charge in [-0.2, -0.15) is 16.1 Å². The van der Waals surface area contributed by atoms with Gasteiger partial charge in [-0.1, -0.05) is 26.0 Å². The molecule has 2 unspecified atom stereocenters. The maximum atomic E-state index is 12.6. The second-order valence-corrected chi connectivity index (χ2v) is 17.1. The Kier molecular flexibility index (Phi) is 15.9. The Bertz CT molecular complexity index is 1710. The van der Waals surface area contributed by atoms with Gasteiger partial charge in [0.2, 0.25) is 11.8 Å². The van der Waals surface area contributed by atoms with Crippen molar-refractivity contribution in [3.05, 3.63) is 24.8 Å². The molecule has 0 aliphatic carbocycles. The number of allylic oxidation sites excluding steroid dienone is 1. The van der Waals surface area contributed by atoms with Gasteiger partial charge in [0.1, 0.15) is 36.3 Å². The molecule has 2 aromatic rings. The summed E-state index contributed by atoms with van der Waals surface area (Å²) in [5.74, 6) is 0.208. The lowest BCUT2D eigenvalue weighted by atomic mass is 9.87. The summed E-state index contributed by atoms with van der Waals surface area (Å²) in [5.41, 5.74) is 4.31. The number of aromatic nitrogens is 4. The fourth-order valence-corrected chi connectivity index (χ4v) is 8.02. The van der Waals surface area contributed by atoms with Crippen LogP contribution in [-0.4, -0.2) is 123 Å². The van der Waals surface area contributed by atoms with E-state index in [2.05, 4.69) is 34.4 Å². The van der Waals surface area contributed by atoms with E-state index in [1.807, 2.05) is 19.1 Å². The largest absolute Gasteiger partial charge is 0.481 e. The Labute approximate surface area is 301 Å². The van der Waals surface area contributed by atoms with Crippen molar-refractivity contribution in [1.29, 1.82) is 0 Å². The van der Waals surface area contributed by atoms with Gasteiger partial charge < -0.3 is 50.9 Å². The Balaban J connectivity index is 1.53. The molecule has 0 spiro atoms. The highest BCUT2D eigenvalue weighted by Gasteiger charge is 2.50. The number of amides is 2. The van der Waals surface area contributed by atoms with Crippen molar-refractivity contribution < 1.29 is 75.7 Å². The van der Waals surface area contributed by atoms with Crippen LogP contribution < -0.4 is 16.4 Å². The summed E-state index contributed by atoms with van der Waals surface area (Å²) < 4.78 is 62.0. The Morgan fingerprint density at radius 3 is 2.48 bits per heavy atom. The number of hydrogen-bond acceptors (Lipinski definition) is 17. The summed E-state index contributed by atoms with van der Waals surface area (Å²) in [7, 11) is -16.3. The molecular formula is C25H42N7O16P3S. The number of fused-ring (bicyclic) bond motifs is 1. The van der Waals surface area contributed by atoms with Gasteiger partial charge in [-0.05, 0) is 6.92 Å². The first-order valence-electron chi connectivity index (χ1n) is 15.2. The molecule has 0 saturated carbocycles. The SMILES string of the molecule is C/C=C/CSCCNC(=O)CCNC(=O)[C@H](O)C(C)(C)COP(=O)(O)OP(=O)(O)OC[C@H]1O[C@@H](n2cnc3c(N)ncnc32)[C@H](O)[C@@H]1OP(=O)(O)O. The molecule has 2 aromatic heterocycles. The van der Waals surface area contributed by atoms with Crippen LogP contribution in [0.4, 0.5) is 5.82 Å². The molecule has 0 radical (unpaired) electrons. The average molecular weight is 822 g/mol. The minimum Gasteiger partial charge on any atom is -0.386 e. The molecule has 1 aliphatic rings. The summed E-state index contributed by atoms with van der Waals surface area (Å²) in [6.07, 6.45) is -2.82. The molecule has 3 rings (SSSR count). The molecule has 1 fully saturated rings. The number of rotatable bonds is 21. The summed E-state index contributed by atoms with van der Waals surface area (Å²) in [6.45, 7) is 2.78. The first kappa shape index (κ1) is 44.0. The topological polar surface area (TPSA) is 347 Å². The van der Waals surface area contributed by atoms with E-state index in [0.717, 1.165) is 23.0 Å². The molecule has 1 aliphatic heterocycles.